The number of nitrogens with zero attached hydrogens (tertiary/aromatic N) is 4. The zero-order valence-corrected chi connectivity index (χ0v) is 19.5. The number of hydrogen-bond acceptors (Lipinski definition) is 6. The van der Waals surface area contributed by atoms with Crippen LogP contribution in [0.4, 0.5) is 5.13 Å². The fraction of sp³-hybridized carbons (Fsp3) is 0.217. The predicted octanol–water partition coefficient (Wildman–Crippen LogP) is 5.36. The van der Waals surface area contributed by atoms with E-state index in [1.54, 1.807) is 0 Å². The molecule has 4 aromatic rings. The lowest BCUT2D eigenvalue weighted by atomic mass is 10.1. The van der Waals surface area contributed by atoms with Gasteiger partial charge in [0, 0.05) is 16.6 Å². The summed E-state index contributed by atoms with van der Waals surface area (Å²) in [5.41, 5.74) is 6.56. The number of carbonyl (C=O) groups excluding carboxylic acids is 1. The van der Waals surface area contributed by atoms with E-state index in [9.17, 15) is 4.79 Å². The van der Waals surface area contributed by atoms with Crippen molar-refractivity contribution in [1.29, 1.82) is 0 Å². The summed E-state index contributed by atoms with van der Waals surface area (Å²) in [6, 6.07) is 14.4. The second-order valence-electron chi connectivity index (χ2n) is 7.37. The Bertz CT molecular complexity index is 1230. The Morgan fingerprint density at radius 3 is 2.55 bits per heavy atom. The predicted molar refractivity (Wildman–Crippen MR) is 127 cm³/mol. The highest BCUT2D eigenvalue weighted by Crippen LogP contribution is 2.27. The highest BCUT2D eigenvalue weighted by Gasteiger charge is 2.14. The molecule has 0 unspecified atom stereocenters. The van der Waals surface area contributed by atoms with Crippen LogP contribution in [0, 0.1) is 27.7 Å². The Balaban J connectivity index is 1.41. The summed E-state index contributed by atoms with van der Waals surface area (Å²) >= 11 is 2.78. The van der Waals surface area contributed by atoms with Crippen LogP contribution in [0.25, 0.3) is 16.9 Å². The first-order valence-corrected chi connectivity index (χ1v) is 11.7. The van der Waals surface area contributed by atoms with E-state index < -0.39 is 0 Å². The molecule has 2 aromatic carbocycles. The number of hydrogen-bond donors (Lipinski definition) is 1. The van der Waals surface area contributed by atoms with Crippen molar-refractivity contribution in [2.75, 3.05) is 11.1 Å². The van der Waals surface area contributed by atoms with Crippen molar-refractivity contribution in [2.45, 2.75) is 32.9 Å². The van der Waals surface area contributed by atoms with E-state index >= 15 is 0 Å². The van der Waals surface area contributed by atoms with Crippen molar-refractivity contribution in [2.24, 2.45) is 0 Å². The van der Waals surface area contributed by atoms with Crippen LogP contribution in [0.15, 0.2) is 53.0 Å². The minimum atomic E-state index is -0.123. The smallest absolute Gasteiger partial charge is 0.236 e. The third-order valence-electron chi connectivity index (χ3n) is 4.97. The molecular weight excluding hydrogens is 426 g/mol. The van der Waals surface area contributed by atoms with Gasteiger partial charge in [-0.25, -0.2) is 4.98 Å². The number of anilines is 1. The largest absolute Gasteiger partial charge is 0.301 e. The Hall–Kier alpha value is -2.97. The van der Waals surface area contributed by atoms with Crippen molar-refractivity contribution in [1.82, 2.24) is 19.7 Å². The number of rotatable bonds is 6. The normalized spacial score (nSPS) is 11.0. The van der Waals surface area contributed by atoms with Crippen molar-refractivity contribution >= 4 is 34.1 Å². The van der Waals surface area contributed by atoms with Crippen LogP contribution in [-0.4, -0.2) is 31.4 Å². The summed E-state index contributed by atoms with van der Waals surface area (Å²) in [6.45, 7) is 8.13. The lowest BCUT2D eigenvalue weighted by Gasteiger charge is -2.08. The third kappa shape index (κ3) is 4.86. The molecule has 0 atom stereocenters. The average Bonchev–Trinajstić information content (AvgIpc) is 3.36. The van der Waals surface area contributed by atoms with Gasteiger partial charge in [0.25, 0.3) is 0 Å². The topological polar surface area (TPSA) is 72.7 Å². The fourth-order valence-electron chi connectivity index (χ4n) is 3.08. The maximum atomic E-state index is 12.5. The molecule has 0 fully saturated rings. The maximum Gasteiger partial charge on any atom is 0.236 e. The molecule has 2 aromatic heterocycles. The molecule has 2 heterocycles. The van der Waals surface area contributed by atoms with Gasteiger partial charge in [-0.15, -0.1) is 21.5 Å². The van der Waals surface area contributed by atoms with Crippen LogP contribution in [0.2, 0.25) is 0 Å². The van der Waals surface area contributed by atoms with Gasteiger partial charge < -0.3 is 5.32 Å². The monoisotopic (exact) mass is 449 g/mol. The molecule has 1 N–H and O–H groups in total. The number of thiazole rings is 1. The number of benzene rings is 2. The lowest BCUT2D eigenvalue weighted by molar-refractivity contribution is -0.113. The van der Waals surface area contributed by atoms with Crippen molar-refractivity contribution in [3.63, 3.8) is 0 Å². The first kappa shape index (κ1) is 21.3. The van der Waals surface area contributed by atoms with E-state index in [1.165, 1.54) is 39.8 Å². The first-order valence-electron chi connectivity index (χ1n) is 9.85. The Labute approximate surface area is 189 Å². The van der Waals surface area contributed by atoms with Crippen molar-refractivity contribution < 1.29 is 4.79 Å². The van der Waals surface area contributed by atoms with Crippen molar-refractivity contribution in [3.05, 3.63) is 70.4 Å². The van der Waals surface area contributed by atoms with Crippen LogP contribution in [0.1, 0.15) is 22.5 Å². The van der Waals surface area contributed by atoms with Gasteiger partial charge in [-0.05, 0) is 57.0 Å². The Morgan fingerprint density at radius 2 is 1.81 bits per heavy atom. The molecular formula is C23H23N5OS2. The molecule has 4 rings (SSSR count). The van der Waals surface area contributed by atoms with Gasteiger partial charge in [-0.3, -0.25) is 9.36 Å². The third-order valence-corrected chi connectivity index (χ3v) is 6.66. The Morgan fingerprint density at radius 1 is 1.03 bits per heavy atom. The highest BCUT2D eigenvalue weighted by molar-refractivity contribution is 7.99. The number of aromatic nitrogens is 4. The SMILES string of the molecule is Cc1ccc(-n2c(C)nnc2SCC(=O)Nc2nc(-c3ccc(C)c(C)c3)cs2)cc1. The van der Waals surface area contributed by atoms with Gasteiger partial charge in [-0.1, -0.05) is 41.6 Å². The second-order valence-corrected chi connectivity index (χ2v) is 9.18. The molecule has 158 valence electrons. The molecule has 31 heavy (non-hydrogen) atoms. The van der Waals surface area contributed by atoms with Crippen LogP contribution in [0.3, 0.4) is 0 Å². The van der Waals surface area contributed by atoms with E-state index in [0.717, 1.165) is 22.8 Å². The van der Waals surface area contributed by atoms with Crippen molar-refractivity contribution in [3.8, 4) is 16.9 Å². The molecule has 0 aliphatic carbocycles. The first-order chi connectivity index (χ1) is 14.9. The summed E-state index contributed by atoms with van der Waals surface area (Å²) in [5, 5.41) is 14.5. The van der Waals surface area contributed by atoms with Gasteiger partial charge in [0.2, 0.25) is 5.91 Å². The highest BCUT2D eigenvalue weighted by atomic mass is 32.2. The molecule has 0 bridgehead atoms. The summed E-state index contributed by atoms with van der Waals surface area (Å²) in [6.07, 6.45) is 0. The minimum Gasteiger partial charge on any atom is -0.301 e. The van der Waals surface area contributed by atoms with Crippen LogP contribution >= 0.6 is 23.1 Å². The van der Waals surface area contributed by atoms with E-state index in [-0.39, 0.29) is 11.7 Å². The molecule has 1 amide bonds. The minimum absolute atomic E-state index is 0.123. The van der Waals surface area contributed by atoms with E-state index in [0.29, 0.717) is 10.3 Å². The molecule has 6 nitrogen and oxygen atoms in total. The number of aryl methyl sites for hydroxylation is 4. The van der Waals surface area contributed by atoms with Crippen LogP contribution in [-0.2, 0) is 4.79 Å². The molecule has 0 radical (unpaired) electrons. The summed E-state index contributed by atoms with van der Waals surface area (Å²) < 4.78 is 1.96. The molecule has 0 saturated carbocycles. The van der Waals surface area contributed by atoms with Crippen LogP contribution < -0.4 is 5.32 Å². The zero-order valence-electron chi connectivity index (χ0n) is 17.8. The number of amides is 1. The zero-order chi connectivity index (χ0) is 22.0. The number of carbonyl (C=O) groups is 1. The van der Waals surface area contributed by atoms with E-state index in [1.807, 2.05) is 48.1 Å². The van der Waals surface area contributed by atoms with E-state index in [2.05, 4.69) is 52.5 Å². The quantitative estimate of drug-likeness (QED) is 0.402. The van der Waals surface area contributed by atoms with Gasteiger partial charge in [0.05, 0.1) is 11.4 Å². The van der Waals surface area contributed by atoms with E-state index in [4.69, 9.17) is 0 Å². The van der Waals surface area contributed by atoms with Crippen LogP contribution in [0.5, 0.6) is 0 Å². The fourth-order valence-corrected chi connectivity index (χ4v) is 4.61. The molecule has 0 aliphatic heterocycles. The van der Waals surface area contributed by atoms with Gasteiger partial charge in [0.1, 0.15) is 5.82 Å². The summed E-state index contributed by atoms with van der Waals surface area (Å²) in [4.78, 5) is 17.1. The molecule has 0 spiro atoms. The molecule has 0 saturated heterocycles. The Kier molecular flexibility index (Phi) is 6.20. The van der Waals surface area contributed by atoms with Gasteiger partial charge in [-0.2, -0.15) is 0 Å². The van der Waals surface area contributed by atoms with Gasteiger partial charge in [0.15, 0.2) is 10.3 Å². The molecule has 8 heteroatoms. The summed E-state index contributed by atoms with van der Waals surface area (Å²) in [5.74, 6) is 0.884. The number of nitrogens with one attached hydrogen (secondary N) is 1. The average molecular weight is 450 g/mol. The molecule has 0 aliphatic rings. The standard InChI is InChI=1S/C23H23N5OS2/c1-14-5-9-19(10-6-14)28-17(4)26-27-23(28)31-13-21(29)25-22-24-20(12-30-22)18-8-7-15(2)16(3)11-18/h5-12H,13H2,1-4H3,(H,24,25,29). The van der Waals surface area contributed by atoms with Gasteiger partial charge >= 0.3 is 0 Å². The lowest BCUT2D eigenvalue weighted by Crippen LogP contribution is -2.14. The second kappa shape index (κ2) is 9.03. The summed E-state index contributed by atoms with van der Waals surface area (Å²) in [7, 11) is 0. The maximum absolute atomic E-state index is 12.5. The number of thioether (sulfide) groups is 1.